The minimum absolute atomic E-state index is 0.0475. The fraction of sp³-hybridized carbons (Fsp3) is 0.545. The Morgan fingerprint density at radius 1 is 1.67 bits per heavy atom. The summed E-state index contributed by atoms with van der Waals surface area (Å²) >= 11 is 0. The Kier molecular flexibility index (Phi) is 2.37. The molecular formula is C11H15N5O2. The highest BCUT2D eigenvalue weighted by atomic mass is 16.3. The molecule has 7 heteroatoms. The van der Waals surface area contributed by atoms with Crippen molar-refractivity contribution in [1.29, 1.82) is 0 Å². The molecule has 3 rings (SSSR count). The second-order valence-corrected chi connectivity index (χ2v) is 4.66. The van der Waals surface area contributed by atoms with Gasteiger partial charge >= 0.3 is 0 Å². The summed E-state index contributed by atoms with van der Waals surface area (Å²) in [7, 11) is 0. The van der Waals surface area contributed by atoms with Crippen LogP contribution >= 0.6 is 0 Å². The van der Waals surface area contributed by atoms with Gasteiger partial charge in [-0.25, -0.2) is 4.99 Å². The molecule has 0 spiro atoms. The second-order valence-electron chi connectivity index (χ2n) is 4.66. The van der Waals surface area contributed by atoms with Crippen LogP contribution in [0.1, 0.15) is 12.8 Å². The number of allylic oxidation sites excluding steroid dienone is 1. The lowest BCUT2D eigenvalue weighted by Gasteiger charge is -2.39. The Morgan fingerprint density at radius 3 is 3.17 bits per heavy atom. The van der Waals surface area contributed by atoms with Crippen molar-refractivity contribution in [2.45, 2.75) is 30.6 Å². The molecule has 1 amide bonds. The van der Waals surface area contributed by atoms with E-state index in [-0.39, 0.29) is 24.5 Å². The van der Waals surface area contributed by atoms with Crippen LogP contribution in [-0.2, 0) is 4.79 Å². The maximum Gasteiger partial charge on any atom is 0.259 e. The summed E-state index contributed by atoms with van der Waals surface area (Å²) in [6.45, 7) is -0.321. The monoisotopic (exact) mass is 249 g/mol. The van der Waals surface area contributed by atoms with E-state index in [4.69, 9.17) is 5.73 Å². The fourth-order valence-corrected chi connectivity index (χ4v) is 2.62. The van der Waals surface area contributed by atoms with Gasteiger partial charge in [-0.2, -0.15) is 0 Å². The van der Waals surface area contributed by atoms with Crippen LogP contribution in [-0.4, -0.2) is 52.6 Å². The van der Waals surface area contributed by atoms with Crippen LogP contribution in [0.5, 0.6) is 0 Å². The summed E-state index contributed by atoms with van der Waals surface area (Å²) in [5, 5.41) is 12.3. The Balaban J connectivity index is 1.99. The van der Waals surface area contributed by atoms with Crippen LogP contribution in [0.3, 0.4) is 0 Å². The van der Waals surface area contributed by atoms with Crippen LogP contribution in [0.25, 0.3) is 0 Å². The van der Waals surface area contributed by atoms with E-state index in [1.165, 1.54) is 11.2 Å². The van der Waals surface area contributed by atoms with Crippen molar-refractivity contribution < 1.29 is 9.90 Å². The quantitative estimate of drug-likeness (QED) is 0.521. The predicted molar refractivity (Wildman–Crippen MR) is 65.9 cm³/mol. The number of carbonyl (C=O) groups is 1. The highest BCUT2D eigenvalue weighted by Crippen LogP contribution is 2.29. The number of rotatable bonds is 2. The lowest BCUT2D eigenvalue weighted by molar-refractivity contribution is -0.132. The average molecular weight is 249 g/mol. The van der Waals surface area contributed by atoms with Gasteiger partial charge in [0.15, 0.2) is 11.7 Å². The van der Waals surface area contributed by atoms with E-state index in [1.807, 2.05) is 12.2 Å². The van der Waals surface area contributed by atoms with Crippen molar-refractivity contribution in [3.8, 4) is 0 Å². The third kappa shape index (κ3) is 1.37. The Hall–Kier alpha value is -1.89. The standard InChI is InChI=1S/C11H15N5O2/c12-10-15-11(5-17)8(13-6-14-11)9(18)16(10)7-3-1-2-4-7/h1,3,6-8,17H,2,4-5H2,(H2,12,15)(H,13,14). The van der Waals surface area contributed by atoms with E-state index >= 15 is 0 Å². The molecule has 96 valence electrons. The van der Waals surface area contributed by atoms with Gasteiger partial charge in [0.2, 0.25) is 5.96 Å². The molecular weight excluding hydrogens is 234 g/mol. The molecule has 2 heterocycles. The topological polar surface area (TPSA) is 103 Å². The number of aliphatic hydroxyl groups excluding tert-OH is 1. The van der Waals surface area contributed by atoms with Crippen molar-refractivity contribution in [3.05, 3.63) is 12.2 Å². The van der Waals surface area contributed by atoms with Crippen molar-refractivity contribution in [3.63, 3.8) is 0 Å². The average Bonchev–Trinajstić information content (AvgIpc) is 2.98. The third-order valence-corrected chi connectivity index (χ3v) is 3.58. The molecule has 3 unspecified atom stereocenters. The molecule has 1 aliphatic carbocycles. The first kappa shape index (κ1) is 11.2. The highest BCUT2D eigenvalue weighted by molar-refractivity contribution is 6.04. The summed E-state index contributed by atoms with van der Waals surface area (Å²) in [6, 6.07) is -0.780. The number of aliphatic imine (C=N–C) groups is 2. The zero-order valence-corrected chi connectivity index (χ0v) is 9.78. The number of aliphatic hydroxyl groups is 1. The number of carbonyl (C=O) groups excluding carboxylic acids is 1. The first-order valence-corrected chi connectivity index (χ1v) is 5.93. The zero-order valence-electron chi connectivity index (χ0n) is 9.78. The summed E-state index contributed by atoms with van der Waals surface area (Å²) in [5.41, 5.74) is 4.77. The van der Waals surface area contributed by atoms with Gasteiger partial charge in [-0.1, -0.05) is 12.2 Å². The third-order valence-electron chi connectivity index (χ3n) is 3.58. The SMILES string of the molecule is NC1=NC2(CO)NC=NC2C(=O)N1C1C=CCC1. The largest absolute Gasteiger partial charge is 0.392 e. The molecule has 0 aromatic carbocycles. The van der Waals surface area contributed by atoms with Crippen molar-refractivity contribution in [2.24, 2.45) is 15.7 Å². The second kappa shape index (κ2) is 3.81. The van der Waals surface area contributed by atoms with Gasteiger partial charge in [-0.15, -0.1) is 0 Å². The lowest BCUT2D eigenvalue weighted by Crippen LogP contribution is -2.65. The molecule has 0 saturated carbocycles. The van der Waals surface area contributed by atoms with Gasteiger partial charge in [-0.3, -0.25) is 14.7 Å². The number of hydrogen-bond donors (Lipinski definition) is 3. The van der Waals surface area contributed by atoms with E-state index < -0.39 is 11.7 Å². The van der Waals surface area contributed by atoms with Gasteiger partial charge in [0.1, 0.15) is 0 Å². The summed E-state index contributed by atoms with van der Waals surface area (Å²) in [4.78, 5) is 22.2. The smallest absolute Gasteiger partial charge is 0.259 e. The van der Waals surface area contributed by atoms with E-state index in [2.05, 4.69) is 15.3 Å². The molecule has 0 bridgehead atoms. The van der Waals surface area contributed by atoms with Crippen LogP contribution < -0.4 is 11.1 Å². The van der Waals surface area contributed by atoms with E-state index in [0.717, 1.165) is 12.8 Å². The minimum Gasteiger partial charge on any atom is -0.392 e. The Morgan fingerprint density at radius 2 is 2.50 bits per heavy atom. The normalized spacial score (nSPS) is 37.7. The summed E-state index contributed by atoms with van der Waals surface area (Å²) in [5.74, 6) is -0.0748. The molecule has 18 heavy (non-hydrogen) atoms. The van der Waals surface area contributed by atoms with E-state index in [0.29, 0.717) is 0 Å². The number of amides is 1. The maximum atomic E-state index is 12.4. The first-order chi connectivity index (χ1) is 8.68. The van der Waals surface area contributed by atoms with Gasteiger partial charge in [-0.05, 0) is 12.8 Å². The molecule has 0 fully saturated rings. The number of nitrogens with one attached hydrogen (secondary N) is 1. The lowest BCUT2D eigenvalue weighted by atomic mass is 9.99. The van der Waals surface area contributed by atoms with Crippen molar-refractivity contribution in [1.82, 2.24) is 10.2 Å². The molecule has 0 aromatic rings. The Labute approximate surface area is 104 Å². The molecule has 4 N–H and O–H groups in total. The Bertz CT molecular complexity index is 472. The van der Waals surface area contributed by atoms with Crippen LogP contribution in [0.15, 0.2) is 22.1 Å². The maximum absolute atomic E-state index is 12.4. The van der Waals surface area contributed by atoms with Gasteiger partial charge in [0, 0.05) is 0 Å². The minimum atomic E-state index is -1.11. The van der Waals surface area contributed by atoms with Gasteiger partial charge in [0.05, 0.1) is 19.0 Å². The molecule has 0 saturated heterocycles. The van der Waals surface area contributed by atoms with Crippen LogP contribution in [0.2, 0.25) is 0 Å². The van der Waals surface area contributed by atoms with Crippen LogP contribution in [0.4, 0.5) is 0 Å². The van der Waals surface area contributed by atoms with E-state index in [1.54, 1.807) is 0 Å². The first-order valence-electron chi connectivity index (χ1n) is 5.93. The number of nitrogens with two attached hydrogens (primary N) is 1. The van der Waals surface area contributed by atoms with Gasteiger partial charge in [0.25, 0.3) is 5.91 Å². The predicted octanol–water partition coefficient (Wildman–Crippen LogP) is -1.45. The summed E-state index contributed by atoms with van der Waals surface area (Å²) in [6.07, 6.45) is 7.16. The zero-order chi connectivity index (χ0) is 12.8. The summed E-state index contributed by atoms with van der Waals surface area (Å²) < 4.78 is 0. The molecule has 3 aliphatic rings. The number of fused-ring (bicyclic) bond motifs is 1. The van der Waals surface area contributed by atoms with E-state index in [9.17, 15) is 9.90 Å². The molecule has 3 atom stereocenters. The molecule has 2 aliphatic heterocycles. The van der Waals surface area contributed by atoms with Crippen LogP contribution in [0, 0.1) is 0 Å². The fourth-order valence-electron chi connectivity index (χ4n) is 2.62. The van der Waals surface area contributed by atoms with Crippen molar-refractivity contribution in [2.75, 3.05) is 6.61 Å². The highest BCUT2D eigenvalue weighted by Gasteiger charge is 2.52. The molecule has 0 aromatic heterocycles. The molecule has 7 nitrogen and oxygen atoms in total. The van der Waals surface area contributed by atoms with Crippen molar-refractivity contribution >= 4 is 18.2 Å². The number of nitrogens with zero attached hydrogens (tertiary/aromatic N) is 3. The number of guanidine groups is 1. The molecule has 0 radical (unpaired) electrons. The number of hydrogen-bond acceptors (Lipinski definition) is 6. The van der Waals surface area contributed by atoms with Gasteiger partial charge < -0.3 is 16.2 Å².